The van der Waals surface area contributed by atoms with Gasteiger partial charge in [0.1, 0.15) is 0 Å². The maximum Gasteiger partial charge on any atom is 1.00 e. The maximum atomic E-state index is 12.1. The van der Waals surface area contributed by atoms with Gasteiger partial charge in [0, 0.05) is 5.57 Å². The van der Waals surface area contributed by atoms with Crippen molar-refractivity contribution in [3.63, 3.8) is 0 Å². The third-order valence-electron chi connectivity index (χ3n) is 3.99. The maximum absolute atomic E-state index is 12.1. The Bertz CT molecular complexity index is 1010. The van der Waals surface area contributed by atoms with Crippen LogP contribution in [0.15, 0.2) is 72.8 Å². The standard InChI is InChI=1S/C20H12O2/c21-16-8-9-20(22)19(12-16)17-7-3-6-15-10-13-4-1-2-5-14(13)11-18(15)17/h1-12H/p+1. The quantitative estimate of drug-likeness (QED) is 0.496. The Morgan fingerprint density at radius 1 is 0.727 bits per heavy atom. The molecule has 0 saturated carbocycles. The van der Waals surface area contributed by atoms with Crippen LogP contribution in [0.2, 0.25) is 0 Å². The molecule has 0 unspecified atom stereocenters. The molecule has 2 nitrogen and oxygen atoms in total. The van der Waals surface area contributed by atoms with E-state index in [0.717, 1.165) is 27.1 Å². The van der Waals surface area contributed by atoms with Crippen molar-refractivity contribution in [1.82, 2.24) is 0 Å². The van der Waals surface area contributed by atoms with E-state index < -0.39 is 0 Å². The van der Waals surface area contributed by atoms with Crippen molar-refractivity contribution >= 4 is 38.7 Å². The summed E-state index contributed by atoms with van der Waals surface area (Å²) in [5.74, 6) is -0.271. The molecule has 1 aliphatic rings. The first-order valence-corrected chi connectivity index (χ1v) is 7.12. The summed E-state index contributed by atoms with van der Waals surface area (Å²) >= 11 is 0. The van der Waals surface area contributed by atoms with Crippen LogP contribution >= 0.6 is 0 Å². The predicted molar refractivity (Wildman–Crippen MR) is 89.7 cm³/mol. The van der Waals surface area contributed by atoms with Crippen LogP contribution in [0.25, 0.3) is 27.1 Å². The minimum absolute atomic E-state index is 0. The number of benzene rings is 3. The molecule has 0 aromatic heterocycles. The SMILES string of the molecule is O=C1C=CC(=O)C(c2cccc3cc4ccccc4cc23)=C1.[H+]. The normalized spacial score (nSPS) is 14.6. The van der Waals surface area contributed by atoms with Crippen molar-refractivity contribution in [2.24, 2.45) is 0 Å². The molecule has 0 spiro atoms. The molecule has 104 valence electrons. The first kappa shape index (κ1) is 12.7. The Balaban J connectivity index is 0.00000156. The van der Waals surface area contributed by atoms with Crippen LogP contribution in [0, 0.1) is 0 Å². The van der Waals surface area contributed by atoms with Crippen LogP contribution in [0.3, 0.4) is 0 Å². The largest absolute Gasteiger partial charge is 1.00 e. The molecule has 3 aromatic rings. The Kier molecular flexibility index (Phi) is 2.76. The van der Waals surface area contributed by atoms with Gasteiger partial charge < -0.3 is 0 Å². The fraction of sp³-hybridized carbons (Fsp3) is 0. The molecule has 0 heterocycles. The van der Waals surface area contributed by atoms with Gasteiger partial charge in [-0.05, 0) is 57.5 Å². The summed E-state index contributed by atoms with van der Waals surface area (Å²) < 4.78 is 0. The zero-order chi connectivity index (χ0) is 15.1. The van der Waals surface area contributed by atoms with Crippen molar-refractivity contribution in [3.05, 3.63) is 78.4 Å². The van der Waals surface area contributed by atoms with Gasteiger partial charge in [0.2, 0.25) is 0 Å². The average molecular weight is 285 g/mol. The molecule has 0 aliphatic heterocycles. The molecule has 0 fully saturated rings. The molecule has 0 amide bonds. The molecule has 22 heavy (non-hydrogen) atoms. The smallest absolute Gasteiger partial charge is 0.290 e. The lowest BCUT2D eigenvalue weighted by Gasteiger charge is -2.11. The summed E-state index contributed by atoms with van der Waals surface area (Å²) in [6.45, 7) is 0. The third-order valence-corrected chi connectivity index (χ3v) is 3.99. The van der Waals surface area contributed by atoms with Crippen molar-refractivity contribution in [2.45, 2.75) is 0 Å². The van der Waals surface area contributed by atoms with Gasteiger partial charge in [0.25, 0.3) is 0 Å². The second-order valence-corrected chi connectivity index (χ2v) is 5.38. The van der Waals surface area contributed by atoms with Crippen molar-refractivity contribution < 1.29 is 11.0 Å². The zero-order valence-corrected chi connectivity index (χ0v) is 11.7. The van der Waals surface area contributed by atoms with Gasteiger partial charge in [-0.2, -0.15) is 0 Å². The molecule has 4 rings (SSSR count). The molecular weight excluding hydrogens is 272 g/mol. The van der Waals surface area contributed by atoms with Gasteiger partial charge in [-0.25, -0.2) is 0 Å². The van der Waals surface area contributed by atoms with Crippen LogP contribution in [0.5, 0.6) is 0 Å². The van der Waals surface area contributed by atoms with E-state index in [0.29, 0.717) is 5.57 Å². The van der Waals surface area contributed by atoms with Crippen molar-refractivity contribution in [1.29, 1.82) is 0 Å². The van der Waals surface area contributed by atoms with Gasteiger partial charge in [-0.3, -0.25) is 9.59 Å². The van der Waals surface area contributed by atoms with Gasteiger partial charge in [-0.15, -0.1) is 0 Å². The molecule has 2 heteroatoms. The average Bonchev–Trinajstić information content (AvgIpc) is 2.55. The van der Waals surface area contributed by atoms with Gasteiger partial charge in [0.05, 0.1) is 0 Å². The van der Waals surface area contributed by atoms with Crippen molar-refractivity contribution in [2.75, 3.05) is 0 Å². The Morgan fingerprint density at radius 3 is 2.27 bits per heavy atom. The van der Waals surface area contributed by atoms with Crippen LogP contribution < -0.4 is 0 Å². The Morgan fingerprint density at radius 2 is 1.45 bits per heavy atom. The number of allylic oxidation sites excluding steroid dienone is 4. The summed E-state index contributed by atoms with van der Waals surface area (Å²) in [5, 5.41) is 4.33. The second kappa shape index (κ2) is 4.78. The summed E-state index contributed by atoms with van der Waals surface area (Å²) in [5.41, 5.74) is 1.28. The lowest BCUT2D eigenvalue weighted by atomic mass is 9.91. The topological polar surface area (TPSA) is 34.1 Å². The molecule has 0 bridgehead atoms. The van der Waals surface area contributed by atoms with Gasteiger partial charge in [0.15, 0.2) is 11.6 Å². The first-order valence-electron chi connectivity index (χ1n) is 7.12. The summed E-state index contributed by atoms with van der Waals surface area (Å²) in [6.07, 6.45) is 4.08. The van der Waals surface area contributed by atoms with Gasteiger partial charge >= 0.3 is 1.43 Å². The predicted octanol–water partition coefficient (Wildman–Crippen LogP) is 4.20. The lowest BCUT2D eigenvalue weighted by Crippen LogP contribution is -2.06. The van der Waals surface area contributed by atoms with E-state index in [1.807, 2.05) is 36.4 Å². The minimum Gasteiger partial charge on any atom is -0.290 e. The van der Waals surface area contributed by atoms with E-state index in [4.69, 9.17) is 0 Å². The molecule has 1 aliphatic carbocycles. The molecular formula is C20H13O2+. The van der Waals surface area contributed by atoms with Crippen LogP contribution in [0.1, 0.15) is 6.99 Å². The molecule has 0 N–H and O–H groups in total. The van der Waals surface area contributed by atoms with E-state index in [1.165, 1.54) is 18.2 Å². The highest BCUT2D eigenvalue weighted by Gasteiger charge is 2.17. The summed E-state index contributed by atoms with van der Waals surface area (Å²) in [7, 11) is 0. The fourth-order valence-corrected chi connectivity index (χ4v) is 2.92. The van der Waals surface area contributed by atoms with E-state index in [1.54, 1.807) is 0 Å². The number of ketones is 2. The highest BCUT2D eigenvalue weighted by molar-refractivity contribution is 6.35. The van der Waals surface area contributed by atoms with Crippen LogP contribution in [0.4, 0.5) is 0 Å². The third kappa shape index (κ3) is 1.97. The number of rotatable bonds is 1. The molecule has 0 radical (unpaired) electrons. The van der Waals surface area contributed by atoms with Crippen LogP contribution in [-0.2, 0) is 9.59 Å². The van der Waals surface area contributed by atoms with E-state index in [-0.39, 0.29) is 13.0 Å². The highest BCUT2D eigenvalue weighted by atomic mass is 16.1. The molecule has 3 aromatic carbocycles. The lowest BCUT2D eigenvalue weighted by molar-refractivity contribution is -0.113. The van der Waals surface area contributed by atoms with Crippen molar-refractivity contribution in [3.8, 4) is 0 Å². The van der Waals surface area contributed by atoms with Gasteiger partial charge in [-0.1, -0.05) is 42.5 Å². The fourth-order valence-electron chi connectivity index (χ4n) is 2.92. The number of carbonyl (C=O) groups is 2. The Labute approximate surface area is 128 Å². The van der Waals surface area contributed by atoms with E-state index >= 15 is 0 Å². The minimum atomic E-state index is -0.146. The number of fused-ring (bicyclic) bond motifs is 2. The van der Waals surface area contributed by atoms with E-state index in [9.17, 15) is 9.59 Å². The highest BCUT2D eigenvalue weighted by Crippen LogP contribution is 2.30. The number of hydrogen-bond donors (Lipinski definition) is 0. The number of hydrogen-bond acceptors (Lipinski definition) is 2. The van der Waals surface area contributed by atoms with Crippen LogP contribution in [-0.4, -0.2) is 11.6 Å². The Hall–Kier alpha value is -3.00. The second-order valence-electron chi connectivity index (χ2n) is 5.38. The monoisotopic (exact) mass is 285 g/mol. The first-order chi connectivity index (χ1) is 10.7. The van der Waals surface area contributed by atoms with E-state index in [2.05, 4.69) is 18.2 Å². The zero-order valence-electron chi connectivity index (χ0n) is 12.7. The summed E-state index contributed by atoms with van der Waals surface area (Å²) in [6, 6.07) is 18.2. The molecule has 0 atom stereocenters. The summed E-state index contributed by atoms with van der Waals surface area (Å²) in [4.78, 5) is 23.8. The molecule has 0 saturated heterocycles. The number of carbonyl (C=O) groups excluding carboxylic acids is 2.